The molecule has 0 saturated carbocycles. The highest BCUT2D eigenvalue weighted by Gasteiger charge is 2.10. The summed E-state index contributed by atoms with van der Waals surface area (Å²) < 4.78 is 11.6. The molecule has 0 unspecified atom stereocenters. The number of ether oxygens (including phenoxy) is 2. The summed E-state index contributed by atoms with van der Waals surface area (Å²) in [7, 11) is 3.30. The Morgan fingerprint density at radius 2 is 2.12 bits per heavy atom. The third-order valence-corrected chi connectivity index (χ3v) is 3.38. The number of aromatic nitrogens is 1. The van der Waals surface area contributed by atoms with E-state index in [0.717, 1.165) is 39.8 Å². The number of fused-ring (bicyclic) bond motifs is 1. The molecule has 17 heavy (non-hydrogen) atoms. The molecule has 1 aromatic carbocycles. The third kappa shape index (κ3) is 2.44. The second-order valence-electron chi connectivity index (χ2n) is 3.62. The molecule has 1 N–H and O–H groups in total. The number of hydrogen-bond donors (Lipinski definition) is 1. The topological polar surface area (TPSA) is 43.4 Å². The van der Waals surface area contributed by atoms with Crippen LogP contribution in [0.1, 0.15) is 13.3 Å². The van der Waals surface area contributed by atoms with Crippen LogP contribution in [0.4, 0.5) is 5.13 Å². The van der Waals surface area contributed by atoms with Crippen LogP contribution < -0.4 is 14.8 Å². The summed E-state index contributed by atoms with van der Waals surface area (Å²) in [4.78, 5) is 4.52. The number of hydrogen-bond acceptors (Lipinski definition) is 5. The maximum atomic E-state index is 5.32. The predicted octanol–water partition coefficient (Wildman–Crippen LogP) is 3.14. The zero-order valence-electron chi connectivity index (χ0n) is 10.2. The summed E-state index contributed by atoms with van der Waals surface area (Å²) in [5, 5.41) is 4.21. The highest BCUT2D eigenvalue weighted by atomic mass is 32.1. The van der Waals surface area contributed by atoms with Crippen LogP contribution in [0.5, 0.6) is 11.5 Å². The number of rotatable bonds is 5. The maximum absolute atomic E-state index is 5.32. The molecule has 0 aliphatic carbocycles. The Bertz CT molecular complexity index is 510. The number of nitrogens with zero attached hydrogens (tertiary/aromatic N) is 1. The van der Waals surface area contributed by atoms with Gasteiger partial charge in [0.25, 0.3) is 0 Å². The molecule has 0 radical (unpaired) electrons. The van der Waals surface area contributed by atoms with Crippen LogP contribution in [0.2, 0.25) is 0 Å². The van der Waals surface area contributed by atoms with Crippen molar-refractivity contribution in [2.45, 2.75) is 13.3 Å². The summed E-state index contributed by atoms with van der Waals surface area (Å²) in [6, 6.07) is 3.83. The molecular formula is C12H16N2O2S. The average molecular weight is 252 g/mol. The van der Waals surface area contributed by atoms with Gasteiger partial charge in [-0.25, -0.2) is 4.98 Å². The first-order chi connectivity index (χ1) is 8.28. The van der Waals surface area contributed by atoms with Gasteiger partial charge in [0, 0.05) is 12.6 Å². The van der Waals surface area contributed by atoms with Crippen molar-refractivity contribution >= 4 is 26.7 Å². The third-order valence-electron chi connectivity index (χ3n) is 2.42. The minimum Gasteiger partial charge on any atom is -0.497 e. The first-order valence-electron chi connectivity index (χ1n) is 5.55. The van der Waals surface area contributed by atoms with E-state index < -0.39 is 0 Å². The van der Waals surface area contributed by atoms with Gasteiger partial charge in [0.15, 0.2) is 5.13 Å². The Balaban J connectivity index is 2.43. The van der Waals surface area contributed by atoms with Crippen molar-refractivity contribution in [3.05, 3.63) is 12.1 Å². The fourth-order valence-electron chi connectivity index (χ4n) is 1.56. The van der Waals surface area contributed by atoms with E-state index in [2.05, 4.69) is 17.2 Å². The first-order valence-corrected chi connectivity index (χ1v) is 6.36. The van der Waals surface area contributed by atoms with Crippen molar-refractivity contribution in [3.63, 3.8) is 0 Å². The maximum Gasteiger partial charge on any atom is 0.183 e. The van der Waals surface area contributed by atoms with Crippen LogP contribution in [0, 0.1) is 0 Å². The van der Waals surface area contributed by atoms with E-state index in [0.29, 0.717) is 0 Å². The van der Waals surface area contributed by atoms with E-state index in [1.807, 2.05) is 12.1 Å². The molecule has 0 fully saturated rings. The van der Waals surface area contributed by atoms with E-state index in [4.69, 9.17) is 9.47 Å². The standard InChI is InChI=1S/C12H16N2O2S/c1-4-5-13-12-14-11-9(16-3)6-8(15-2)7-10(11)17-12/h6-7H,4-5H2,1-3H3,(H,13,14). The second-order valence-corrected chi connectivity index (χ2v) is 4.65. The lowest BCUT2D eigenvalue weighted by Gasteiger charge is -2.03. The van der Waals surface area contributed by atoms with Gasteiger partial charge in [-0.3, -0.25) is 0 Å². The van der Waals surface area contributed by atoms with E-state index in [1.165, 1.54) is 0 Å². The molecule has 0 bridgehead atoms. The molecular weight excluding hydrogens is 236 g/mol. The van der Waals surface area contributed by atoms with Gasteiger partial charge in [0.05, 0.1) is 18.9 Å². The van der Waals surface area contributed by atoms with Crippen molar-refractivity contribution in [1.29, 1.82) is 0 Å². The molecule has 0 atom stereocenters. The van der Waals surface area contributed by atoms with Crippen LogP contribution >= 0.6 is 11.3 Å². The molecule has 0 aliphatic rings. The van der Waals surface area contributed by atoms with Crippen molar-refractivity contribution in [3.8, 4) is 11.5 Å². The Hall–Kier alpha value is -1.49. The SMILES string of the molecule is CCCNc1nc2c(OC)cc(OC)cc2s1. The highest BCUT2D eigenvalue weighted by molar-refractivity contribution is 7.22. The highest BCUT2D eigenvalue weighted by Crippen LogP contribution is 2.36. The molecule has 0 aliphatic heterocycles. The molecule has 2 rings (SSSR count). The van der Waals surface area contributed by atoms with Gasteiger partial charge in [0.1, 0.15) is 17.0 Å². The van der Waals surface area contributed by atoms with Gasteiger partial charge >= 0.3 is 0 Å². The van der Waals surface area contributed by atoms with Gasteiger partial charge in [-0.1, -0.05) is 18.3 Å². The van der Waals surface area contributed by atoms with Crippen LogP contribution in [-0.2, 0) is 0 Å². The van der Waals surface area contributed by atoms with Crippen molar-refractivity contribution < 1.29 is 9.47 Å². The summed E-state index contributed by atoms with van der Waals surface area (Å²) in [6.07, 6.45) is 1.08. The summed E-state index contributed by atoms with van der Waals surface area (Å²) in [5.41, 5.74) is 0.886. The largest absolute Gasteiger partial charge is 0.497 e. The van der Waals surface area contributed by atoms with Gasteiger partial charge in [0.2, 0.25) is 0 Å². The lowest BCUT2D eigenvalue weighted by atomic mass is 10.3. The van der Waals surface area contributed by atoms with Crippen LogP contribution in [-0.4, -0.2) is 25.7 Å². The molecule has 2 aromatic rings. The minimum atomic E-state index is 0.750. The molecule has 0 spiro atoms. The number of methoxy groups -OCH3 is 2. The van der Waals surface area contributed by atoms with E-state index in [1.54, 1.807) is 25.6 Å². The Labute approximate surface area is 105 Å². The number of anilines is 1. The van der Waals surface area contributed by atoms with Gasteiger partial charge < -0.3 is 14.8 Å². The van der Waals surface area contributed by atoms with Gasteiger partial charge in [-0.15, -0.1) is 0 Å². The zero-order chi connectivity index (χ0) is 12.3. The van der Waals surface area contributed by atoms with Crippen LogP contribution in [0.15, 0.2) is 12.1 Å². The Morgan fingerprint density at radius 3 is 2.76 bits per heavy atom. The molecule has 92 valence electrons. The second kappa shape index (κ2) is 5.23. The zero-order valence-corrected chi connectivity index (χ0v) is 11.1. The average Bonchev–Trinajstić information content (AvgIpc) is 2.77. The summed E-state index contributed by atoms with van der Waals surface area (Å²) in [6.45, 7) is 3.06. The number of benzene rings is 1. The van der Waals surface area contributed by atoms with E-state index >= 15 is 0 Å². The number of nitrogens with one attached hydrogen (secondary N) is 1. The smallest absolute Gasteiger partial charge is 0.183 e. The summed E-state index contributed by atoms with van der Waals surface area (Å²) in [5.74, 6) is 1.54. The minimum absolute atomic E-state index is 0.750. The molecule has 5 heteroatoms. The van der Waals surface area contributed by atoms with Gasteiger partial charge in [-0.2, -0.15) is 0 Å². The quantitative estimate of drug-likeness (QED) is 0.887. The Morgan fingerprint density at radius 1 is 1.29 bits per heavy atom. The van der Waals surface area contributed by atoms with Crippen molar-refractivity contribution in [2.24, 2.45) is 0 Å². The van der Waals surface area contributed by atoms with Crippen LogP contribution in [0.3, 0.4) is 0 Å². The molecule has 1 heterocycles. The molecule has 0 amide bonds. The van der Waals surface area contributed by atoms with Crippen LogP contribution in [0.25, 0.3) is 10.2 Å². The van der Waals surface area contributed by atoms with Gasteiger partial charge in [-0.05, 0) is 12.5 Å². The lowest BCUT2D eigenvalue weighted by molar-refractivity contribution is 0.397. The van der Waals surface area contributed by atoms with E-state index in [9.17, 15) is 0 Å². The van der Waals surface area contributed by atoms with Crippen molar-refractivity contribution in [1.82, 2.24) is 4.98 Å². The van der Waals surface area contributed by atoms with E-state index in [-0.39, 0.29) is 0 Å². The molecule has 4 nitrogen and oxygen atoms in total. The number of thiazole rings is 1. The fraction of sp³-hybridized carbons (Fsp3) is 0.417. The van der Waals surface area contributed by atoms with Crippen molar-refractivity contribution in [2.75, 3.05) is 26.1 Å². The monoisotopic (exact) mass is 252 g/mol. The normalized spacial score (nSPS) is 10.5. The molecule has 0 saturated heterocycles. The lowest BCUT2D eigenvalue weighted by Crippen LogP contribution is -1.98. The predicted molar refractivity (Wildman–Crippen MR) is 71.5 cm³/mol. The fourth-order valence-corrected chi connectivity index (χ4v) is 2.49. The summed E-state index contributed by atoms with van der Waals surface area (Å²) >= 11 is 1.61. The Kier molecular flexibility index (Phi) is 3.68. The first kappa shape index (κ1) is 12.0. The molecule has 1 aromatic heterocycles.